The Morgan fingerprint density at radius 3 is 2.88 bits per heavy atom. The fourth-order valence-electron chi connectivity index (χ4n) is 1.72. The van der Waals surface area contributed by atoms with Crippen LogP contribution in [0, 0.1) is 0 Å². The van der Waals surface area contributed by atoms with E-state index >= 15 is 0 Å². The molecule has 0 atom stereocenters. The summed E-state index contributed by atoms with van der Waals surface area (Å²) in [5.74, 6) is 1.65. The van der Waals surface area contributed by atoms with Crippen molar-refractivity contribution < 1.29 is 14.3 Å². The molecule has 0 aromatic heterocycles. The number of ether oxygens (including phenoxy) is 2. The number of rotatable bonds is 6. The van der Waals surface area contributed by atoms with Crippen LogP contribution in [-0.4, -0.2) is 13.1 Å². The highest BCUT2D eigenvalue weighted by Gasteiger charge is 2.12. The van der Waals surface area contributed by atoms with Gasteiger partial charge < -0.3 is 14.3 Å². The fraction of sp³-hybridized carbons (Fsp3) is 0.357. The SMILES string of the molecule is O=CCCC/C=C/Cc1ccc2c(c1)OCO2. The van der Waals surface area contributed by atoms with Crippen molar-refractivity contribution in [3.63, 3.8) is 0 Å². The number of allylic oxidation sites excluding steroid dienone is 2. The van der Waals surface area contributed by atoms with Gasteiger partial charge in [-0.3, -0.25) is 0 Å². The van der Waals surface area contributed by atoms with Crippen LogP contribution in [0.4, 0.5) is 0 Å². The first-order valence-electron chi connectivity index (χ1n) is 5.87. The van der Waals surface area contributed by atoms with Gasteiger partial charge in [-0.15, -0.1) is 0 Å². The summed E-state index contributed by atoms with van der Waals surface area (Å²) >= 11 is 0. The summed E-state index contributed by atoms with van der Waals surface area (Å²) in [6, 6.07) is 6.00. The van der Waals surface area contributed by atoms with Crippen molar-refractivity contribution in [3.8, 4) is 11.5 Å². The minimum atomic E-state index is 0.320. The Balaban J connectivity index is 1.81. The summed E-state index contributed by atoms with van der Waals surface area (Å²) < 4.78 is 10.6. The Morgan fingerprint density at radius 1 is 1.12 bits per heavy atom. The smallest absolute Gasteiger partial charge is 0.231 e. The third kappa shape index (κ3) is 3.34. The molecule has 1 aliphatic rings. The summed E-state index contributed by atoms with van der Waals surface area (Å²) in [7, 11) is 0. The molecule has 3 nitrogen and oxygen atoms in total. The molecule has 1 aliphatic heterocycles. The number of aldehydes is 1. The van der Waals surface area contributed by atoms with Gasteiger partial charge in [0.1, 0.15) is 6.29 Å². The molecule has 0 unspecified atom stereocenters. The molecular weight excluding hydrogens is 216 g/mol. The zero-order valence-electron chi connectivity index (χ0n) is 9.72. The molecule has 0 bridgehead atoms. The van der Waals surface area contributed by atoms with Crippen LogP contribution in [0.5, 0.6) is 11.5 Å². The number of fused-ring (bicyclic) bond motifs is 1. The van der Waals surface area contributed by atoms with E-state index in [0.29, 0.717) is 13.2 Å². The molecular formula is C14H16O3. The Morgan fingerprint density at radius 2 is 2.00 bits per heavy atom. The molecule has 1 aromatic carbocycles. The second-order valence-electron chi connectivity index (χ2n) is 3.96. The van der Waals surface area contributed by atoms with Gasteiger partial charge in [0.15, 0.2) is 11.5 Å². The molecule has 3 heteroatoms. The predicted molar refractivity (Wildman–Crippen MR) is 65.3 cm³/mol. The molecule has 0 N–H and O–H groups in total. The topological polar surface area (TPSA) is 35.5 Å². The Labute approximate surface area is 101 Å². The summed E-state index contributed by atoms with van der Waals surface area (Å²) in [5.41, 5.74) is 1.21. The number of hydrogen-bond donors (Lipinski definition) is 0. The first-order valence-corrected chi connectivity index (χ1v) is 5.87. The van der Waals surface area contributed by atoms with Crippen molar-refractivity contribution in [3.05, 3.63) is 35.9 Å². The van der Waals surface area contributed by atoms with Crippen molar-refractivity contribution in [2.24, 2.45) is 0 Å². The highest BCUT2D eigenvalue weighted by atomic mass is 16.7. The van der Waals surface area contributed by atoms with E-state index in [1.807, 2.05) is 18.2 Å². The van der Waals surface area contributed by atoms with Crippen molar-refractivity contribution in [1.29, 1.82) is 0 Å². The van der Waals surface area contributed by atoms with Crippen LogP contribution in [0.2, 0.25) is 0 Å². The molecule has 0 spiro atoms. The molecule has 2 rings (SSSR count). The monoisotopic (exact) mass is 232 g/mol. The van der Waals surface area contributed by atoms with Gasteiger partial charge in [0, 0.05) is 6.42 Å². The Kier molecular flexibility index (Phi) is 4.19. The van der Waals surface area contributed by atoms with Gasteiger partial charge in [0.05, 0.1) is 0 Å². The number of unbranched alkanes of at least 4 members (excludes halogenated alkanes) is 2. The molecule has 0 saturated heterocycles. The van der Waals surface area contributed by atoms with E-state index < -0.39 is 0 Å². The van der Waals surface area contributed by atoms with Crippen molar-refractivity contribution in [2.75, 3.05) is 6.79 Å². The van der Waals surface area contributed by atoms with E-state index in [0.717, 1.165) is 37.0 Å². The second-order valence-corrected chi connectivity index (χ2v) is 3.96. The Bertz CT molecular complexity index is 410. The van der Waals surface area contributed by atoms with E-state index in [4.69, 9.17) is 9.47 Å². The Hall–Kier alpha value is -1.77. The van der Waals surface area contributed by atoms with E-state index in [-0.39, 0.29) is 0 Å². The minimum absolute atomic E-state index is 0.320. The molecule has 0 amide bonds. The van der Waals surface area contributed by atoms with Gasteiger partial charge in [-0.25, -0.2) is 0 Å². The first kappa shape index (κ1) is 11.7. The first-order chi connectivity index (χ1) is 8.40. The number of carbonyl (C=O) groups excluding carboxylic acids is 1. The largest absolute Gasteiger partial charge is 0.454 e. The lowest BCUT2D eigenvalue weighted by molar-refractivity contribution is -0.107. The van der Waals surface area contributed by atoms with Gasteiger partial charge in [-0.1, -0.05) is 18.2 Å². The predicted octanol–water partition coefficient (Wildman–Crippen LogP) is 2.88. The van der Waals surface area contributed by atoms with Crippen LogP contribution < -0.4 is 9.47 Å². The second kappa shape index (κ2) is 6.09. The average Bonchev–Trinajstić information content (AvgIpc) is 2.81. The molecule has 0 radical (unpaired) electrons. The van der Waals surface area contributed by atoms with Gasteiger partial charge >= 0.3 is 0 Å². The van der Waals surface area contributed by atoms with Crippen molar-refractivity contribution >= 4 is 6.29 Å². The summed E-state index contributed by atoms with van der Waals surface area (Å²) in [5, 5.41) is 0. The van der Waals surface area contributed by atoms with Crippen LogP contribution in [0.3, 0.4) is 0 Å². The molecule has 0 fully saturated rings. The van der Waals surface area contributed by atoms with Crippen LogP contribution in [0.1, 0.15) is 24.8 Å². The summed E-state index contributed by atoms with van der Waals surface area (Å²) in [6.07, 6.45) is 8.64. The van der Waals surface area contributed by atoms with Gasteiger partial charge in [-0.2, -0.15) is 0 Å². The van der Waals surface area contributed by atoms with Crippen LogP contribution in [0.25, 0.3) is 0 Å². The number of carbonyl (C=O) groups is 1. The molecule has 0 saturated carbocycles. The quantitative estimate of drug-likeness (QED) is 0.430. The molecule has 0 aliphatic carbocycles. The van der Waals surface area contributed by atoms with Gasteiger partial charge in [0.25, 0.3) is 0 Å². The lowest BCUT2D eigenvalue weighted by Gasteiger charge is -1.99. The van der Waals surface area contributed by atoms with E-state index in [1.165, 1.54) is 5.56 Å². The third-order valence-electron chi connectivity index (χ3n) is 2.65. The third-order valence-corrected chi connectivity index (χ3v) is 2.65. The summed E-state index contributed by atoms with van der Waals surface area (Å²) in [6.45, 7) is 0.320. The lowest BCUT2D eigenvalue weighted by Crippen LogP contribution is -1.92. The maximum atomic E-state index is 10.1. The molecule has 90 valence electrons. The zero-order valence-corrected chi connectivity index (χ0v) is 9.72. The molecule has 17 heavy (non-hydrogen) atoms. The normalized spacial score (nSPS) is 13.2. The highest BCUT2D eigenvalue weighted by molar-refractivity contribution is 5.49. The maximum absolute atomic E-state index is 10.1. The van der Waals surface area contributed by atoms with Gasteiger partial charge in [-0.05, 0) is 37.0 Å². The number of hydrogen-bond acceptors (Lipinski definition) is 3. The lowest BCUT2D eigenvalue weighted by atomic mass is 10.1. The van der Waals surface area contributed by atoms with Crippen LogP contribution in [0.15, 0.2) is 30.4 Å². The zero-order chi connectivity index (χ0) is 11.9. The van der Waals surface area contributed by atoms with Crippen LogP contribution in [-0.2, 0) is 11.2 Å². The summed E-state index contributed by atoms with van der Waals surface area (Å²) in [4.78, 5) is 10.1. The van der Waals surface area contributed by atoms with E-state index in [9.17, 15) is 4.79 Å². The van der Waals surface area contributed by atoms with Crippen LogP contribution >= 0.6 is 0 Å². The number of benzene rings is 1. The molecule has 1 heterocycles. The average molecular weight is 232 g/mol. The fourth-order valence-corrected chi connectivity index (χ4v) is 1.72. The van der Waals surface area contributed by atoms with E-state index in [2.05, 4.69) is 12.2 Å². The van der Waals surface area contributed by atoms with Crippen molar-refractivity contribution in [2.45, 2.75) is 25.7 Å². The highest BCUT2D eigenvalue weighted by Crippen LogP contribution is 2.32. The van der Waals surface area contributed by atoms with E-state index in [1.54, 1.807) is 0 Å². The standard InChI is InChI=1S/C14H16O3/c15-9-5-3-1-2-4-6-12-7-8-13-14(10-12)17-11-16-13/h2,4,7-10H,1,3,5-6,11H2/b4-2+. The van der Waals surface area contributed by atoms with Gasteiger partial charge in [0.2, 0.25) is 6.79 Å². The minimum Gasteiger partial charge on any atom is -0.454 e. The maximum Gasteiger partial charge on any atom is 0.231 e. The molecule has 1 aromatic rings. The van der Waals surface area contributed by atoms with Crippen molar-refractivity contribution in [1.82, 2.24) is 0 Å².